The van der Waals surface area contributed by atoms with E-state index in [0.29, 0.717) is 12.5 Å². The van der Waals surface area contributed by atoms with E-state index in [0.717, 1.165) is 45.4 Å². The molecule has 0 bridgehead atoms. The van der Waals surface area contributed by atoms with Gasteiger partial charge in [-0.3, -0.25) is 14.5 Å². The zero-order valence-electron chi connectivity index (χ0n) is 12.5. The molecule has 1 saturated carbocycles. The highest BCUT2D eigenvalue weighted by molar-refractivity contribution is 5.85. The van der Waals surface area contributed by atoms with Gasteiger partial charge in [0.1, 0.15) is 0 Å². The van der Waals surface area contributed by atoms with Gasteiger partial charge in [0, 0.05) is 32.2 Å². The van der Waals surface area contributed by atoms with Gasteiger partial charge < -0.3 is 10.0 Å². The van der Waals surface area contributed by atoms with Gasteiger partial charge in [-0.2, -0.15) is 0 Å². The summed E-state index contributed by atoms with van der Waals surface area (Å²) in [5.41, 5.74) is 0. The standard InChI is InChI=1S/C15H26N2O3/c1-3-11(2)16-7-9-17(10-8-16)14(18)12-5-4-6-13(12)15(19)20/h11-13H,3-10H2,1-2H3,(H,19,20)/t11?,12-,13+/m1/s1. The Balaban J connectivity index is 1.90. The smallest absolute Gasteiger partial charge is 0.307 e. The molecule has 1 N–H and O–H groups in total. The number of piperazine rings is 1. The third kappa shape index (κ3) is 3.14. The minimum absolute atomic E-state index is 0.0682. The molecule has 0 aromatic rings. The number of amides is 1. The number of hydrogen-bond donors (Lipinski definition) is 1. The van der Waals surface area contributed by atoms with E-state index in [1.165, 1.54) is 0 Å². The van der Waals surface area contributed by atoms with E-state index in [4.69, 9.17) is 0 Å². The highest BCUT2D eigenvalue weighted by Crippen LogP contribution is 2.33. The van der Waals surface area contributed by atoms with Crippen molar-refractivity contribution in [2.24, 2.45) is 11.8 Å². The molecule has 20 heavy (non-hydrogen) atoms. The van der Waals surface area contributed by atoms with Crippen molar-refractivity contribution in [3.63, 3.8) is 0 Å². The van der Waals surface area contributed by atoms with Crippen LogP contribution in [0.25, 0.3) is 0 Å². The fourth-order valence-electron chi connectivity index (χ4n) is 3.43. The number of nitrogens with zero attached hydrogens (tertiary/aromatic N) is 2. The fourth-order valence-corrected chi connectivity index (χ4v) is 3.43. The molecule has 3 atom stereocenters. The lowest BCUT2D eigenvalue weighted by molar-refractivity contribution is -0.149. The summed E-state index contributed by atoms with van der Waals surface area (Å²) in [6.07, 6.45) is 3.37. The predicted octanol–water partition coefficient (Wildman–Crippen LogP) is 1.43. The summed E-state index contributed by atoms with van der Waals surface area (Å²) in [4.78, 5) is 28.0. The van der Waals surface area contributed by atoms with Gasteiger partial charge >= 0.3 is 5.97 Å². The van der Waals surface area contributed by atoms with Crippen LogP contribution in [0.1, 0.15) is 39.5 Å². The van der Waals surface area contributed by atoms with Crippen LogP contribution >= 0.6 is 0 Å². The molecule has 0 radical (unpaired) electrons. The topological polar surface area (TPSA) is 60.9 Å². The van der Waals surface area contributed by atoms with Crippen molar-refractivity contribution < 1.29 is 14.7 Å². The van der Waals surface area contributed by atoms with E-state index in [-0.39, 0.29) is 11.8 Å². The van der Waals surface area contributed by atoms with Crippen molar-refractivity contribution in [3.8, 4) is 0 Å². The largest absolute Gasteiger partial charge is 0.481 e. The number of carboxylic acid groups (broad SMARTS) is 1. The Morgan fingerprint density at radius 1 is 1.15 bits per heavy atom. The Morgan fingerprint density at radius 2 is 1.75 bits per heavy atom. The van der Waals surface area contributed by atoms with E-state index >= 15 is 0 Å². The second kappa shape index (κ2) is 6.57. The number of carbonyl (C=O) groups excluding carboxylic acids is 1. The van der Waals surface area contributed by atoms with Gasteiger partial charge in [0.2, 0.25) is 5.91 Å². The summed E-state index contributed by atoms with van der Waals surface area (Å²) in [5.74, 6) is -1.49. The summed E-state index contributed by atoms with van der Waals surface area (Å²) in [7, 11) is 0. The fraction of sp³-hybridized carbons (Fsp3) is 0.867. The average Bonchev–Trinajstić information content (AvgIpc) is 2.95. The molecule has 1 unspecified atom stereocenters. The first-order valence-corrected chi connectivity index (χ1v) is 7.80. The maximum Gasteiger partial charge on any atom is 0.307 e. The Labute approximate surface area is 120 Å². The molecule has 5 nitrogen and oxygen atoms in total. The van der Waals surface area contributed by atoms with Crippen LogP contribution in [0.5, 0.6) is 0 Å². The van der Waals surface area contributed by atoms with Crippen molar-refractivity contribution in [2.45, 2.75) is 45.6 Å². The molecule has 1 aliphatic carbocycles. The van der Waals surface area contributed by atoms with Gasteiger partial charge in [0.25, 0.3) is 0 Å². The van der Waals surface area contributed by atoms with Crippen molar-refractivity contribution in [1.82, 2.24) is 9.80 Å². The van der Waals surface area contributed by atoms with Gasteiger partial charge in [0.15, 0.2) is 0 Å². The molecule has 0 spiro atoms. The van der Waals surface area contributed by atoms with E-state index in [1.54, 1.807) is 0 Å². The van der Waals surface area contributed by atoms with Crippen LogP contribution in [0.3, 0.4) is 0 Å². The number of aliphatic carboxylic acids is 1. The Hall–Kier alpha value is -1.10. The molecule has 0 aromatic heterocycles. The van der Waals surface area contributed by atoms with Gasteiger partial charge in [-0.25, -0.2) is 0 Å². The maximum absolute atomic E-state index is 12.5. The second-order valence-electron chi connectivity index (χ2n) is 6.10. The third-order valence-corrected chi connectivity index (χ3v) is 4.99. The Kier molecular flexibility index (Phi) is 5.02. The molecule has 114 valence electrons. The lowest BCUT2D eigenvalue weighted by Crippen LogP contribution is -2.53. The van der Waals surface area contributed by atoms with Crippen LogP contribution in [0.2, 0.25) is 0 Å². The summed E-state index contributed by atoms with van der Waals surface area (Å²) in [6, 6.07) is 0.561. The molecular weight excluding hydrogens is 256 g/mol. The molecule has 2 aliphatic rings. The molecule has 1 aliphatic heterocycles. The number of carbonyl (C=O) groups is 2. The summed E-state index contributed by atoms with van der Waals surface area (Å²) in [5, 5.41) is 9.20. The first-order chi connectivity index (χ1) is 9.54. The minimum atomic E-state index is -0.806. The minimum Gasteiger partial charge on any atom is -0.481 e. The zero-order chi connectivity index (χ0) is 14.7. The van der Waals surface area contributed by atoms with Crippen LogP contribution in [0, 0.1) is 11.8 Å². The van der Waals surface area contributed by atoms with E-state index in [1.807, 2.05) is 4.90 Å². The molecular formula is C15H26N2O3. The third-order valence-electron chi connectivity index (χ3n) is 4.99. The Bertz CT molecular complexity index is 364. The molecule has 2 rings (SSSR count). The summed E-state index contributed by atoms with van der Waals surface area (Å²) in [6.45, 7) is 7.70. The van der Waals surface area contributed by atoms with Crippen molar-refractivity contribution >= 4 is 11.9 Å². The van der Waals surface area contributed by atoms with E-state index in [2.05, 4.69) is 18.7 Å². The molecule has 1 saturated heterocycles. The van der Waals surface area contributed by atoms with Crippen LogP contribution in [-0.2, 0) is 9.59 Å². The SMILES string of the molecule is CCC(C)N1CCN(C(=O)[C@@H]2CCC[C@@H]2C(=O)O)CC1. The summed E-state index contributed by atoms with van der Waals surface area (Å²) < 4.78 is 0. The van der Waals surface area contributed by atoms with Gasteiger partial charge in [-0.15, -0.1) is 0 Å². The normalized spacial score (nSPS) is 29.4. The highest BCUT2D eigenvalue weighted by atomic mass is 16.4. The van der Waals surface area contributed by atoms with Crippen molar-refractivity contribution in [2.75, 3.05) is 26.2 Å². The second-order valence-corrected chi connectivity index (χ2v) is 6.10. The first kappa shape index (κ1) is 15.3. The van der Waals surface area contributed by atoms with Crippen molar-refractivity contribution in [1.29, 1.82) is 0 Å². The van der Waals surface area contributed by atoms with E-state index < -0.39 is 11.9 Å². The van der Waals surface area contributed by atoms with Crippen LogP contribution in [-0.4, -0.2) is 59.0 Å². The lowest BCUT2D eigenvalue weighted by atomic mass is 9.94. The number of carboxylic acids is 1. The van der Waals surface area contributed by atoms with Gasteiger partial charge in [-0.05, 0) is 26.2 Å². The highest BCUT2D eigenvalue weighted by Gasteiger charge is 2.40. The molecule has 1 amide bonds. The Morgan fingerprint density at radius 3 is 2.30 bits per heavy atom. The molecule has 2 fully saturated rings. The van der Waals surface area contributed by atoms with Gasteiger partial charge in [-0.1, -0.05) is 13.3 Å². The first-order valence-electron chi connectivity index (χ1n) is 7.80. The number of rotatable bonds is 4. The molecule has 0 aromatic carbocycles. The number of hydrogen-bond acceptors (Lipinski definition) is 3. The van der Waals surface area contributed by atoms with Crippen LogP contribution < -0.4 is 0 Å². The summed E-state index contributed by atoms with van der Waals surface area (Å²) >= 11 is 0. The van der Waals surface area contributed by atoms with Crippen molar-refractivity contribution in [3.05, 3.63) is 0 Å². The van der Waals surface area contributed by atoms with Crippen LogP contribution in [0.15, 0.2) is 0 Å². The maximum atomic E-state index is 12.5. The quantitative estimate of drug-likeness (QED) is 0.847. The molecule has 1 heterocycles. The predicted molar refractivity (Wildman–Crippen MR) is 76.4 cm³/mol. The average molecular weight is 282 g/mol. The van der Waals surface area contributed by atoms with E-state index in [9.17, 15) is 14.7 Å². The lowest BCUT2D eigenvalue weighted by Gasteiger charge is -2.39. The molecule has 5 heteroatoms. The monoisotopic (exact) mass is 282 g/mol. The van der Waals surface area contributed by atoms with Gasteiger partial charge in [0.05, 0.1) is 11.8 Å². The van der Waals surface area contributed by atoms with Crippen LogP contribution in [0.4, 0.5) is 0 Å². The zero-order valence-corrected chi connectivity index (χ0v) is 12.5.